The summed E-state index contributed by atoms with van der Waals surface area (Å²) in [6, 6.07) is -0.261. The molecule has 0 aromatic carbocycles. The van der Waals surface area contributed by atoms with E-state index in [0.717, 1.165) is 34.0 Å². The number of fused-ring (bicyclic) bond motifs is 1. The van der Waals surface area contributed by atoms with Crippen LogP contribution in [0.25, 0.3) is 5.52 Å². The van der Waals surface area contributed by atoms with Crippen LogP contribution in [-0.2, 0) is 10.2 Å². The summed E-state index contributed by atoms with van der Waals surface area (Å²) in [5, 5.41) is 19.4. The Bertz CT molecular complexity index is 1010. The summed E-state index contributed by atoms with van der Waals surface area (Å²) < 4.78 is 8.41. The van der Waals surface area contributed by atoms with Crippen molar-refractivity contribution in [3.63, 3.8) is 0 Å². The zero-order chi connectivity index (χ0) is 23.3. The first kappa shape index (κ1) is 23.8. The topological polar surface area (TPSA) is 92.0 Å². The number of halogens is 2. The number of nitrogens with zero attached hydrogens (tertiary/aromatic N) is 4. The molecule has 10 heteroatoms. The third kappa shape index (κ3) is 4.40. The number of anilines is 1. The molecule has 2 aromatic rings. The van der Waals surface area contributed by atoms with E-state index in [2.05, 4.69) is 39.8 Å². The molecule has 32 heavy (non-hydrogen) atoms. The molecule has 2 fully saturated rings. The van der Waals surface area contributed by atoms with Crippen LogP contribution in [0, 0.1) is 3.57 Å². The third-order valence-electron chi connectivity index (χ3n) is 6.61. The van der Waals surface area contributed by atoms with Crippen LogP contribution in [-0.4, -0.2) is 61.5 Å². The van der Waals surface area contributed by atoms with E-state index in [1.54, 1.807) is 11.1 Å². The molecule has 0 spiro atoms. The Morgan fingerprint density at radius 2 is 2.16 bits per heavy atom. The maximum absolute atomic E-state index is 12.3. The molecule has 2 aliphatic rings. The van der Waals surface area contributed by atoms with Gasteiger partial charge in [0.05, 0.1) is 39.2 Å². The molecule has 1 aliphatic carbocycles. The molecule has 2 atom stereocenters. The fourth-order valence-corrected chi connectivity index (χ4v) is 5.92. The highest BCUT2D eigenvalue weighted by molar-refractivity contribution is 14.1. The van der Waals surface area contributed by atoms with Crippen molar-refractivity contribution in [3.8, 4) is 0 Å². The number of amides is 1. The van der Waals surface area contributed by atoms with Gasteiger partial charge in [0.2, 0.25) is 5.95 Å². The zero-order valence-electron chi connectivity index (χ0n) is 19.0. The van der Waals surface area contributed by atoms with E-state index in [9.17, 15) is 9.90 Å². The second-order valence-corrected chi connectivity index (χ2v) is 11.3. The normalized spacial score (nSPS) is 23.2. The lowest BCUT2D eigenvalue weighted by Crippen LogP contribution is -2.52. The van der Waals surface area contributed by atoms with Crippen molar-refractivity contribution in [2.75, 3.05) is 18.4 Å². The second kappa shape index (κ2) is 8.79. The minimum absolute atomic E-state index is 0.108. The van der Waals surface area contributed by atoms with Crippen LogP contribution in [0.15, 0.2) is 6.20 Å². The van der Waals surface area contributed by atoms with Crippen LogP contribution in [0.5, 0.6) is 0 Å². The monoisotopic (exact) mass is 575 g/mol. The maximum atomic E-state index is 12.3. The van der Waals surface area contributed by atoms with Gasteiger partial charge in [-0.1, -0.05) is 24.9 Å². The molecule has 4 rings (SSSR count). The van der Waals surface area contributed by atoms with Gasteiger partial charge in [0, 0.05) is 12.0 Å². The van der Waals surface area contributed by atoms with Gasteiger partial charge in [-0.15, -0.1) is 5.10 Å². The molecule has 0 unspecified atom stereocenters. The van der Waals surface area contributed by atoms with Crippen molar-refractivity contribution < 1.29 is 14.6 Å². The first-order chi connectivity index (χ1) is 15.0. The number of aliphatic hydroxyl groups is 1. The van der Waals surface area contributed by atoms with E-state index in [0.29, 0.717) is 23.9 Å². The van der Waals surface area contributed by atoms with Crippen molar-refractivity contribution in [3.05, 3.63) is 20.5 Å². The maximum Gasteiger partial charge on any atom is 0.410 e. The lowest BCUT2D eigenvalue weighted by atomic mass is 9.65. The van der Waals surface area contributed by atoms with Crippen LogP contribution in [0.3, 0.4) is 0 Å². The van der Waals surface area contributed by atoms with Crippen molar-refractivity contribution in [2.45, 2.75) is 83.0 Å². The van der Waals surface area contributed by atoms with Gasteiger partial charge in [-0.3, -0.25) is 0 Å². The van der Waals surface area contributed by atoms with Gasteiger partial charge in [0.25, 0.3) is 0 Å². The average molecular weight is 576 g/mol. The lowest BCUT2D eigenvalue weighted by molar-refractivity contribution is 0.00112. The van der Waals surface area contributed by atoms with E-state index in [4.69, 9.17) is 21.4 Å². The van der Waals surface area contributed by atoms with E-state index in [1.807, 2.05) is 25.3 Å². The molecule has 0 bridgehead atoms. The number of aromatic nitrogens is 3. The Balaban J connectivity index is 1.52. The van der Waals surface area contributed by atoms with E-state index in [-0.39, 0.29) is 18.0 Å². The van der Waals surface area contributed by atoms with Gasteiger partial charge in [0.15, 0.2) is 0 Å². The third-order valence-corrected chi connectivity index (χ3v) is 8.36. The van der Waals surface area contributed by atoms with Gasteiger partial charge in [0.1, 0.15) is 11.1 Å². The van der Waals surface area contributed by atoms with Crippen LogP contribution in [0.4, 0.5) is 10.7 Å². The van der Waals surface area contributed by atoms with Crippen LogP contribution in [0.2, 0.25) is 5.02 Å². The number of carbonyl (C=O) groups is 1. The summed E-state index contributed by atoms with van der Waals surface area (Å²) in [6.07, 6.45) is 5.68. The minimum Gasteiger partial charge on any atom is -0.444 e. The molecule has 2 aromatic heterocycles. The highest BCUT2D eigenvalue weighted by Gasteiger charge is 2.42. The van der Waals surface area contributed by atoms with Gasteiger partial charge >= 0.3 is 6.09 Å². The first-order valence-electron chi connectivity index (χ1n) is 11.2. The zero-order valence-corrected chi connectivity index (χ0v) is 21.9. The molecular formula is C22H31ClIN5O3. The van der Waals surface area contributed by atoms with Crippen molar-refractivity contribution in [1.82, 2.24) is 19.5 Å². The summed E-state index contributed by atoms with van der Waals surface area (Å²) in [4.78, 5) is 18.3. The number of piperidine rings is 1. The molecule has 1 saturated heterocycles. The largest absolute Gasteiger partial charge is 0.444 e. The highest BCUT2D eigenvalue weighted by Crippen LogP contribution is 2.49. The number of hydrogen-bond acceptors (Lipinski definition) is 6. The second-order valence-electron chi connectivity index (χ2n) is 9.88. The fraction of sp³-hybridized carbons (Fsp3) is 0.682. The number of ether oxygens (including phenoxy) is 1. The van der Waals surface area contributed by atoms with E-state index in [1.165, 1.54) is 6.42 Å². The molecule has 0 radical (unpaired) electrons. The molecule has 1 saturated carbocycles. The molecular weight excluding hydrogens is 545 g/mol. The Morgan fingerprint density at radius 1 is 1.44 bits per heavy atom. The Kier molecular flexibility index (Phi) is 6.54. The fourth-order valence-electron chi connectivity index (χ4n) is 4.62. The highest BCUT2D eigenvalue weighted by atomic mass is 127. The number of nitrogens with one attached hydrogen (secondary N) is 1. The summed E-state index contributed by atoms with van der Waals surface area (Å²) in [5.74, 6) is 0.446. The summed E-state index contributed by atoms with van der Waals surface area (Å²) in [6.45, 7) is 8.41. The Labute approximate surface area is 207 Å². The summed E-state index contributed by atoms with van der Waals surface area (Å²) in [7, 11) is 0. The van der Waals surface area contributed by atoms with Crippen LogP contribution < -0.4 is 5.32 Å². The predicted molar refractivity (Wildman–Crippen MR) is 132 cm³/mol. The predicted octanol–water partition coefficient (Wildman–Crippen LogP) is 4.60. The molecule has 2 N–H and O–H groups in total. The van der Waals surface area contributed by atoms with Crippen molar-refractivity contribution in [1.29, 1.82) is 0 Å². The molecule has 176 valence electrons. The quantitative estimate of drug-likeness (QED) is 0.518. The molecule has 1 amide bonds. The number of carbonyl (C=O) groups excluding carboxylic acids is 1. The van der Waals surface area contributed by atoms with Gasteiger partial charge in [-0.05, 0) is 69.0 Å². The molecule has 1 aliphatic heterocycles. The smallest absolute Gasteiger partial charge is 0.410 e. The lowest BCUT2D eigenvalue weighted by Gasteiger charge is -2.41. The van der Waals surface area contributed by atoms with Crippen molar-refractivity contribution in [2.24, 2.45) is 0 Å². The Morgan fingerprint density at radius 3 is 2.72 bits per heavy atom. The summed E-state index contributed by atoms with van der Waals surface area (Å²) >= 11 is 8.95. The Hall–Kier alpha value is -1.33. The first-order valence-corrected chi connectivity index (χ1v) is 12.7. The molecule has 8 nitrogen and oxygen atoms in total. The number of β-amino-alcohol motifs (C(OH)–C–C–N with tert-alkyl or cyclic N) is 1. The molecule has 3 heterocycles. The van der Waals surface area contributed by atoms with Gasteiger partial charge < -0.3 is 20.1 Å². The van der Waals surface area contributed by atoms with Gasteiger partial charge in [-0.2, -0.15) is 0 Å². The minimum atomic E-state index is -0.753. The van der Waals surface area contributed by atoms with Gasteiger partial charge in [-0.25, -0.2) is 14.3 Å². The summed E-state index contributed by atoms with van der Waals surface area (Å²) in [5.41, 5.74) is 1.51. The van der Waals surface area contributed by atoms with E-state index >= 15 is 0 Å². The van der Waals surface area contributed by atoms with Crippen LogP contribution >= 0.6 is 34.2 Å². The number of rotatable bonds is 4. The average Bonchev–Trinajstić information content (AvgIpc) is 2.93. The number of likely N-dealkylation sites (tertiary alicyclic amines) is 1. The van der Waals surface area contributed by atoms with Crippen LogP contribution in [0.1, 0.15) is 65.5 Å². The standard InChI is InChI=1S/C22H31ClIN5O3/c1-5-22(8-6-9-22)18-17(24)16(23)14-11-25-19(27-29(14)18)26-13-7-10-28(12-15(13)30)20(31)32-21(2,3)4/h11,13,15,30H,5-10,12H2,1-4H3,(H,26,27)/t13-,15+/m1/s1. The SMILES string of the molecule is CCC1(c2c(I)c(Cl)c3cnc(N[C@@H]4CCN(C(=O)OC(C)(C)C)C[C@@H]4O)nn23)CCC1. The van der Waals surface area contributed by atoms with Crippen molar-refractivity contribution >= 4 is 51.8 Å². The number of hydrogen-bond donors (Lipinski definition) is 2. The number of aliphatic hydroxyl groups excluding tert-OH is 1. The van der Waals surface area contributed by atoms with E-state index < -0.39 is 17.8 Å².